The number of halogens is 2. The SMILES string of the molecule is CCc1ccc(-n2c(=O)c3c(C)c(C(=O)N(C)C)sc3n(Cc3ccc(F)cc3Cl)c2=O)cc1. The molecular weight excluding hydrogens is 477 g/mol. The lowest BCUT2D eigenvalue weighted by atomic mass is 10.1. The third-order valence-electron chi connectivity index (χ3n) is 5.76. The fourth-order valence-electron chi connectivity index (χ4n) is 3.82. The standard InChI is InChI=1S/C25H23ClFN3O3S/c1-5-15-6-10-18(11-7-15)30-22(31)20-14(2)21(23(32)28(3)4)34-24(20)29(25(30)33)13-16-8-9-17(27)12-19(16)26/h6-12H,5,13H2,1-4H3. The van der Waals surface area contributed by atoms with E-state index < -0.39 is 17.1 Å². The fourth-order valence-corrected chi connectivity index (χ4v) is 5.36. The van der Waals surface area contributed by atoms with Crippen molar-refractivity contribution in [2.24, 2.45) is 0 Å². The molecule has 0 fully saturated rings. The lowest BCUT2D eigenvalue weighted by molar-refractivity contribution is 0.0831. The summed E-state index contributed by atoms with van der Waals surface area (Å²) < 4.78 is 16.1. The number of thiophene rings is 1. The number of hydrogen-bond donors (Lipinski definition) is 0. The highest BCUT2D eigenvalue weighted by Crippen LogP contribution is 2.30. The topological polar surface area (TPSA) is 64.3 Å². The van der Waals surface area contributed by atoms with Crippen molar-refractivity contribution in [3.05, 3.63) is 95.7 Å². The van der Waals surface area contributed by atoms with E-state index in [9.17, 15) is 18.8 Å². The third-order valence-corrected chi connectivity index (χ3v) is 7.41. The zero-order valence-electron chi connectivity index (χ0n) is 19.2. The van der Waals surface area contributed by atoms with Crippen LogP contribution in [0, 0.1) is 12.7 Å². The van der Waals surface area contributed by atoms with Crippen molar-refractivity contribution in [2.75, 3.05) is 14.1 Å². The molecule has 2 aromatic heterocycles. The summed E-state index contributed by atoms with van der Waals surface area (Å²) in [6.45, 7) is 3.74. The molecule has 0 saturated carbocycles. The summed E-state index contributed by atoms with van der Waals surface area (Å²) in [6, 6.07) is 11.2. The van der Waals surface area contributed by atoms with Crippen molar-refractivity contribution in [3.63, 3.8) is 0 Å². The highest BCUT2D eigenvalue weighted by Gasteiger charge is 2.25. The molecule has 0 aliphatic carbocycles. The molecule has 2 aromatic carbocycles. The van der Waals surface area contributed by atoms with Crippen LogP contribution in [0.2, 0.25) is 5.02 Å². The molecule has 34 heavy (non-hydrogen) atoms. The Labute approximate surface area is 204 Å². The molecule has 0 spiro atoms. The van der Waals surface area contributed by atoms with E-state index in [4.69, 9.17) is 11.6 Å². The molecule has 0 radical (unpaired) electrons. The maximum atomic E-state index is 13.7. The lowest BCUT2D eigenvalue weighted by Crippen LogP contribution is -2.39. The second kappa shape index (κ2) is 9.19. The largest absolute Gasteiger partial charge is 0.344 e. The predicted octanol–water partition coefficient (Wildman–Crippen LogP) is 4.63. The Hall–Kier alpha value is -3.23. The normalized spacial score (nSPS) is 11.2. The molecular formula is C25H23ClFN3O3S. The summed E-state index contributed by atoms with van der Waals surface area (Å²) in [7, 11) is 3.26. The Morgan fingerprint density at radius 3 is 2.38 bits per heavy atom. The Balaban J connectivity index is 2.06. The van der Waals surface area contributed by atoms with Crippen molar-refractivity contribution in [1.29, 1.82) is 0 Å². The van der Waals surface area contributed by atoms with Crippen molar-refractivity contribution in [2.45, 2.75) is 26.8 Å². The van der Waals surface area contributed by atoms with Gasteiger partial charge in [0.05, 0.1) is 22.5 Å². The van der Waals surface area contributed by atoms with Crippen LogP contribution in [-0.4, -0.2) is 34.0 Å². The molecule has 0 unspecified atom stereocenters. The van der Waals surface area contributed by atoms with Gasteiger partial charge < -0.3 is 4.90 Å². The van der Waals surface area contributed by atoms with Gasteiger partial charge >= 0.3 is 5.69 Å². The number of aryl methyl sites for hydroxylation is 2. The Bertz CT molecular complexity index is 1530. The highest BCUT2D eigenvalue weighted by molar-refractivity contribution is 7.20. The minimum atomic E-state index is -0.563. The first-order chi connectivity index (χ1) is 16.1. The van der Waals surface area contributed by atoms with Crippen LogP contribution >= 0.6 is 22.9 Å². The van der Waals surface area contributed by atoms with Crippen LogP contribution in [0.25, 0.3) is 15.9 Å². The van der Waals surface area contributed by atoms with Gasteiger partial charge in [0.1, 0.15) is 10.6 Å². The average Bonchev–Trinajstić information content (AvgIpc) is 3.15. The van der Waals surface area contributed by atoms with Crippen molar-refractivity contribution >= 4 is 39.1 Å². The number of nitrogens with zero attached hydrogens (tertiary/aromatic N) is 3. The van der Waals surface area contributed by atoms with Gasteiger partial charge in [-0.1, -0.05) is 36.7 Å². The highest BCUT2D eigenvalue weighted by atomic mass is 35.5. The van der Waals surface area contributed by atoms with E-state index >= 15 is 0 Å². The molecule has 1 amide bonds. The first-order valence-electron chi connectivity index (χ1n) is 10.7. The summed E-state index contributed by atoms with van der Waals surface area (Å²) in [5.74, 6) is -0.742. The van der Waals surface area contributed by atoms with Gasteiger partial charge in [0.2, 0.25) is 0 Å². The number of fused-ring (bicyclic) bond motifs is 1. The summed E-state index contributed by atoms with van der Waals surface area (Å²) in [4.78, 5) is 42.3. The minimum absolute atomic E-state index is 0.0112. The molecule has 9 heteroatoms. The molecule has 0 aliphatic rings. The van der Waals surface area contributed by atoms with Crippen LogP contribution < -0.4 is 11.2 Å². The van der Waals surface area contributed by atoms with E-state index in [1.165, 1.54) is 27.7 Å². The second-order valence-electron chi connectivity index (χ2n) is 8.20. The minimum Gasteiger partial charge on any atom is -0.344 e. The molecule has 0 aliphatic heterocycles. The van der Waals surface area contributed by atoms with Crippen LogP contribution in [0.3, 0.4) is 0 Å². The van der Waals surface area contributed by atoms with Gasteiger partial charge in [-0.3, -0.25) is 14.2 Å². The maximum absolute atomic E-state index is 13.7. The van der Waals surface area contributed by atoms with Crippen LogP contribution in [-0.2, 0) is 13.0 Å². The van der Waals surface area contributed by atoms with Gasteiger partial charge in [-0.2, -0.15) is 0 Å². The zero-order valence-corrected chi connectivity index (χ0v) is 20.8. The van der Waals surface area contributed by atoms with Gasteiger partial charge in [-0.15, -0.1) is 11.3 Å². The number of carbonyl (C=O) groups is 1. The molecule has 0 atom stereocenters. The number of aromatic nitrogens is 2. The Kier molecular flexibility index (Phi) is 6.47. The fraction of sp³-hybridized carbons (Fsp3) is 0.240. The summed E-state index contributed by atoms with van der Waals surface area (Å²) in [6.07, 6.45) is 0.821. The quantitative estimate of drug-likeness (QED) is 0.402. The Morgan fingerprint density at radius 1 is 1.12 bits per heavy atom. The number of benzene rings is 2. The van der Waals surface area contributed by atoms with E-state index in [0.29, 0.717) is 31.9 Å². The van der Waals surface area contributed by atoms with Gasteiger partial charge in [0.15, 0.2) is 0 Å². The zero-order chi connectivity index (χ0) is 24.7. The summed E-state index contributed by atoms with van der Waals surface area (Å²) in [5, 5.41) is 0.468. The van der Waals surface area contributed by atoms with Crippen molar-refractivity contribution in [1.82, 2.24) is 14.0 Å². The van der Waals surface area contributed by atoms with Crippen LogP contribution in [0.15, 0.2) is 52.1 Å². The van der Waals surface area contributed by atoms with Gasteiger partial charge in [-0.05, 0) is 54.3 Å². The summed E-state index contributed by atoms with van der Waals surface area (Å²) in [5.41, 5.74) is 1.48. The van der Waals surface area contributed by atoms with Gasteiger partial charge in [-0.25, -0.2) is 13.8 Å². The number of amides is 1. The molecule has 176 valence electrons. The van der Waals surface area contributed by atoms with Gasteiger partial charge in [0, 0.05) is 19.1 Å². The third kappa shape index (κ3) is 4.08. The smallest absolute Gasteiger partial charge is 0.337 e. The van der Waals surface area contributed by atoms with E-state index in [0.717, 1.165) is 27.9 Å². The Morgan fingerprint density at radius 2 is 1.79 bits per heavy atom. The molecule has 0 bridgehead atoms. The van der Waals surface area contributed by atoms with E-state index in [1.54, 1.807) is 33.2 Å². The van der Waals surface area contributed by atoms with Crippen LogP contribution in [0.4, 0.5) is 4.39 Å². The predicted molar refractivity (Wildman–Crippen MR) is 134 cm³/mol. The first kappa shape index (κ1) is 23.9. The molecule has 4 aromatic rings. The van der Waals surface area contributed by atoms with Crippen LogP contribution in [0.5, 0.6) is 0 Å². The lowest BCUT2D eigenvalue weighted by Gasteiger charge is -2.13. The second-order valence-corrected chi connectivity index (χ2v) is 9.61. The van der Waals surface area contributed by atoms with E-state index in [-0.39, 0.29) is 17.5 Å². The van der Waals surface area contributed by atoms with Crippen molar-refractivity contribution in [3.8, 4) is 5.69 Å². The monoisotopic (exact) mass is 499 g/mol. The first-order valence-corrected chi connectivity index (χ1v) is 11.9. The molecule has 0 saturated heterocycles. The number of hydrogen-bond acceptors (Lipinski definition) is 4. The molecule has 0 N–H and O–H groups in total. The number of carbonyl (C=O) groups excluding carboxylic acids is 1. The van der Waals surface area contributed by atoms with Crippen LogP contribution in [0.1, 0.15) is 33.3 Å². The van der Waals surface area contributed by atoms with Crippen molar-refractivity contribution < 1.29 is 9.18 Å². The number of rotatable bonds is 5. The van der Waals surface area contributed by atoms with Gasteiger partial charge in [0.25, 0.3) is 11.5 Å². The van der Waals surface area contributed by atoms with E-state index in [2.05, 4.69) is 0 Å². The summed E-state index contributed by atoms with van der Waals surface area (Å²) >= 11 is 7.35. The molecule has 4 rings (SSSR count). The molecule has 6 nitrogen and oxygen atoms in total. The maximum Gasteiger partial charge on any atom is 0.337 e. The molecule has 2 heterocycles. The van der Waals surface area contributed by atoms with E-state index in [1.807, 2.05) is 19.1 Å². The average molecular weight is 500 g/mol.